The molecule has 6 rings (SSSR count). The number of benzene rings is 3. The number of aliphatic hydroxyl groups is 4. The topological polar surface area (TPSA) is 173 Å². The Morgan fingerprint density at radius 3 is 2.38 bits per heavy atom. The van der Waals surface area contributed by atoms with Crippen molar-refractivity contribution in [1.82, 2.24) is 4.90 Å². The van der Waals surface area contributed by atoms with Gasteiger partial charge in [-0.1, -0.05) is 18.2 Å². The Hall–Kier alpha value is -3.58. The number of nitrogens with zero attached hydrogens (tertiary/aromatic N) is 1. The van der Waals surface area contributed by atoms with E-state index in [0.29, 0.717) is 37.1 Å². The third kappa shape index (κ3) is 4.91. The number of methoxy groups -OCH3 is 1. The SMILES string of the molecule is COc1cc2c(cc1O)CCN1[C@H](Cc3ccc(O)cc3)c3c(ccc(O[C@@H]4O[C@@H](CO)[C@H](O)[C@H](O)[C@@H]4O)c3O)C[C@@H]21. The summed E-state index contributed by atoms with van der Waals surface area (Å²) in [4.78, 5) is 2.31. The minimum atomic E-state index is -1.62. The number of phenolic OH excluding ortho intramolecular Hbond substituents is 3. The van der Waals surface area contributed by atoms with E-state index in [4.69, 9.17) is 14.2 Å². The van der Waals surface area contributed by atoms with Crippen molar-refractivity contribution in [3.05, 3.63) is 76.3 Å². The fourth-order valence-electron chi connectivity index (χ4n) is 6.52. The molecule has 3 aromatic carbocycles. The molecular weight excluding hydrogens is 546 g/mol. The Morgan fingerprint density at radius 2 is 1.67 bits per heavy atom. The van der Waals surface area contributed by atoms with E-state index < -0.39 is 37.3 Å². The maximum atomic E-state index is 11.6. The Labute approximate surface area is 242 Å². The van der Waals surface area contributed by atoms with E-state index in [2.05, 4.69) is 4.90 Å². The van der Waals surface area contributed by atoms with Gasteiger partial charge in [0.1, 0.15) is 30.2 Å². The first-order valence-corrected chi connectivity index (χ1v) is 14.0. The highest BCUT2D eigenvalue weighted by Crippen LogP contribution is 2.51. The van der Waals surface area contributed by atoms with Gasteiger partial charge in [0.2, 0.25) is 6.29 Å². The average Bonchev–Trinajstić information content (AvgIpc) is 2.99. The maximum absolute atomic E-state index is 11.6. The third-order valence-corrected chi connectivity index (χ3v) is 8.71. The standard InChI is InChI=1S/C31H35NO10/c1-40-24-13-19-16(12-22(24)35)8-9-32-20(19)11-17-4-7-23(41-31-30(39)29(38)28(37)25(14-33)42-31)27(36)26(17)21(32)10-15-2-5-18(34)6-3-15/h2-7,12-13,20-21,25,28-31,33-39H,8-11,14H2,1H3/t20-,21+,25-,28-,29-,30-,31+/m0/s1. The summed E-state index contributed by atoms with van der Waals surface area (Å²) in [5, 5.41) is 72.3. The number of rotatable bonds is 6. The molecule has 7 atom stereocenters. The molecular formula is C31H35NO10. The van der Waals surface area contributed by atoms with Gasteiger partial charge in [0.05, 0.1) is 13.7 Å². The maximum Gasteiger partial charge on any atom is 0.229 e. The van der Waals surface area contributed by atoms with Crippen LogP contribution in [0.2, 0.25) is 0 Å². The molecule has 11 heteroatoms. The second-order valence-corrected chi connectivity index (χ2v) is 11.1. The van der Waals surface area contributed by atoms with Crippen LogP contribution in [0.15, 0.2) is 48.5 Å². The van der Waals surface area contributed by atoms with E-state index in [1.165, 1.54) is 7.11 Å². The first-order valence-electron chi connectivity index (χ1n) is 14.0. The zero-order valence-corrected chi connectivity index (χ0v) is 23.0. The quantitative estimate of drug-likeness (QED) is 0.225. The third-order valence-electron chi connectivity index (χ3n) is 8.71. The van der Waals surface area contributed by atoms with Crippen molar-refractivity contribution in [2.45, 2.75) is 62.1 Å². The van der Waals surface area contributed by atoms with Crippen LogP contribution in [0.25, 0.3) is 0 Å². The zero-order valence-electron chi connectivity index (χ0n) is 23.0. The number of fused-ring (bicyclic) bond motifs is 4. The van der Waals surface area contributed by atoms with Gasteiger partial charge >= 0.3 is 0 Å². The van der Waals surface area contributed by atoms with E-state index in [0.717, 1.165) is 22.3 Å². The second-order valence-electron chi connectivity index (χ2n) is 11.1. The van der Waals surface area contributed by atoms with E-state index in [-0.39, 0.29) is 35.1 Å². The number of phenols is 3. The van der Waals surface area contributed by atoms with Crippen LogP contribution in [-0.4, -0.2) is 91.6 Å². The van der Waals surface area contributed by atoms with Gasteiger partial charge < -0.3 is 50.0 Å². The normalized spacial score (nSPS) is 28.8. The molecule has 7 N–H and O–H groups in total. The van der Waals surface area contributed by atoms with Gasteiger partial charge in [0, 0.05) is 24.2 Å². The number of aliphatic hydroxyl groups excluding tert-OH is 4. The fraction of sp³-hybridized carbons (Fsp3) is 0.419. The van der Waals surface area contributed by atoms with Gasteiger partial charge in [-0.3, -0.25) is 4.90 Å². The van der Waals surface area contributed by atoms with E-state index >= 15 is 0 Å². The second kappa shape index (κ2) is 11.3. The molecule has 0 unspecified atom stereocenters. The molecule has 1 saturated heterocycles. The Kier molecular flexibility index (Phi) is 7.64. The summed E-state index contributed by atoms with van der Waals surface area (Å²) >= 11 is 0. The van der Waals surface area contributed by atoms with Gasteiger partial charge in [0.15, 0.2) is 23.0 Å². The lowest BCUT2D eigenvalue weighted by Gasteiger charge is -2.47. The first-order chi connectivity index (χ1) is 20.2. The van der Waals surface area contributed by atoms with Crippen LogP contribution in [0.3, 0.4) is 0 Å². The predicted molar refractivity (Wildman–Crippen MR) is 149 cm³/mol. The molecule has 0 saturated carbocycles. The highest BCUT2D eigenvalue weighted by atomic mass is 16.7. The largest absolute Gasteiger partial charge is 0.508 e. The summed E-state index contributed by atoms with van der Waals surface area (Å²) in [6.07, 6.45) is -5.63. The molecule has 3 aromatic rings. The molecule has 42 heavy (non-hydrogen) atoms. The number of hydrogen-bond donors (Lipinski definition) is 7. The summed E-state index contributed by atoms with van der Waals surface area (Å²) in [6.45, 7) is 0.0545. The van der Waals surface area contributed by atoms with Crippen LogP contribution < -0.4 is 9.47 Å². The molecule has 0 aliphatic carbocycles. The molecule has 3 aliphatic rings. The van der Waals surface area contributed by atoms with Crippen molar-refractivity contribution >= 4 is 0 Å². The van der Waals surface area contributed by atoms with Gasteiger partial charge in [-0.25, -0.2) is 0 Å². The predicted octanol–water partition coefficient (Wildman–Crippen LogP) is 1.43. The van der Waals surface area contributed by atoms with Gasteiger partial charge in [-0.05, 0) is 71.8 Å². The van der Waals surface area contributed by atoms with Gasteiger partial charge in [-0.2, -0.15) is 0 Å². The molecule has 0 amide bonds. The first kappa shape index (κ1) is 28.5. The van der Waals surface area contributed by atoms with Crippen molar-refractivity contribution in [3.8, 4) is 28.7 Å². The summed E-state index contributed by atoms with van der Waals surface area (Å²) in [6, 6.07) is 13.6. The van der Waals surface area contributed by atoms with Crippen LogP contribution in [0.5, 0.6) is 28.7 Å². The Morgan fingerprint density at radius 1 is 0.905 bits per heavy atom. The van der Waals surface area contributed by atoms with E-state index in [1.807, 2.05) is 24.3 Å². The molecule has 0 spiro atoms. The van der Waals surface area contributed by atoms with Crippen molar-refractivity contribution in [2.24, 2.45) is 0 Å². The minimum absolute atomic E-state index is 0.0243. The fourth-order valence-corrected chi connectivity index (χ4v) is 6.52. The van der Waals surface area contributed by atoms with Crippen LogP contribution in [0.4, 0.5) is 0 Å². The van der Waals surface area contributed by atoms with Crippen molar-refractivity contribution in [1.29, 1.82) is 0 Å². The monoisotopic (exact) mass is 581 g/mol. The number of hydrogen-bond acceptors (Lipinski definition) is 11. The molecule has 0 bridgehead atoms. The van der Waals surface area contributed by atoms with Gasteiger partial charge in [-0.15, -0.1) is 0 Å². The minimum Gasteiger partial charge on any atom is -0.508 e. The van der Waals surface area contributed by atoms with Gasteiger partial charge in [0.25, 0.3) is 0 Å². The van der Waals surface area contributed by atoms with Crippen LogP contribution in [0, 0.1) is 0 Å². The molecule has 0 aromatic heterocycles. The molecule has 3 aliphatic heterocycles. The molecule has 0 radical (unpaired) electrons. The Balaban J connectivity index is 1.40. The lowest BCUT2D eigenvalue weighted by molar-refractivity contribution is -0.277. The highest BCUT2D eigenvalue weighted by molar-refractivity contribution is 5.56. The number of ether oxygens (including phenoxy) is 3. The summed E-state index contributed by atoms with van der Waals surface area (Å²) in [5.41, 5.74) is 4.55. The lowest BCUT2D eigenvalue weighted by atomic mass is 9.78. The molecule has 11 nitrogen and oxygen atoms in total. The molecule has 224 valence electrons. The van der Waals surface area contributed by atoms with Crippen LogP contribution >= 0.6 is 0 Å². The summed E-state index contributed by atoms with van der Waals surface area (Å²) in [5.74, 6) is 0.520. The molecule has 3 heterocycles. The zero-order chi connectivity index (χ0) is 29.7. The Bertz CT molecular complexity index is 1440. The van der Waals surface area contributed by atoms with Crippen molar-refractivity contribution < 1.29 is 50.0 Å². The van der Waals surface area contributed by atoms with Crippen molar-refractivity contribution in [3.63, 3.8) is 0 Å². The van der Waals surface area contributed by atoms with E-state index in [1.54, 1.807) is 24.3 Å². The average molecular weight is 582 g/mol. The van der Waals surface area contributed by atoms with Crippen molar-refractivity contribution in [2.75, 3.05) is 20.3 Å². The highest BCUT2D eigenvalue weighted by Gasteiger charge is 2.46. The van der Waals surface area contributed by atoms with Crippen LogP contribution in [0.1, 0.15) is 39.9 Å². The smallest absolute Gasteiger partial charge is 0.229 e. The number of aromatic hydroxyl groups is 3. The summed E-state index contributed by atoms with van der Waals surface area (Å²) < 4.78 is 16.8. The van der Waals surface area contributed by atoms with E-state index in [9.17, 15) is 35.7 Å². The lowest BCUT2D eigenvalue weighted by Crippen LogP contribution is -2.60. The van der Waals surface area contributed by atoms with Crippen LogP contribution in [-0.2, 0) is 24.0 Å². The molecule has 1 fully saturated rings. The summed E-state index contributed by atoms with van der Waals surface area (Å²) in [7, 11) is 1.51.